The molecule has 1 aliphatic heterocycles. The largest absolute Gasteiger partial charge is 0.302 e. The third kappa shape index (κ3) is 4.84. The van der Waals surface area contributed by atoms with Gasteiger partial charge in [-0.05, 0) is 49.4 Å². The maximum absolute atomic E-state index is 11.1. The summed E-state index contributed by atoms with van der Waals surface area (Å²) >= 11 is 1.57. The smallest absolute Gasteiger partial charge is 0.223 e. The fourth-order valence-corrected chi connectivity index (χ4v) is 4.02. The van der Waals surface area contributed by atoms with E-state index in [1.54, 1.807) is 11.3 Å². The highest BCUT2D eigenvalue weighted by molar-refractivity contribution is 7.15. The highest BCUT2D eigenvalue weighted by Gasteiger charge is 2.21. The van der Waals surface area contributed by atoms with Crippen molar-refractivity contribution in [3.63, 3.8) is 0 Å². The van der Waals surface area contributed by atoms with Crippen LogP contribution in [0.2, 0.25) is 0 Å². The van der Waals surface area contributed by atoms with Crippen LogP contribution in [0.15, 0.2) is 30.7 Å². The number of hydrogen-bond acceptors (Lipinski definition) is 5. The van der Waals surface area contributed by atoms with Crippen molar-refractivity contribution in [1.82, 2.24) is 14.9 Å². The van der Waals surface area contributed by atoms with Gasteiger partial charge in [-0.15, -0.1) is 11.3 Å². The van der Waals surface area contributed by atoms with Gasteiger partial charge in [0.2, 0.25) is 5.91 Å². The van der Waals surface area contributed by atoms with Crippen LogP contribution in [0.3, 0.4) is 0 Å². The van der Waals surface area contributed by atoms with Gasteiger partial charge >= 0.3 is 0 Å². The van der Waals surface area contributed by atoms with Gasteiger partial charge in [0.15, 0.2) is 5.13 Å². The lowest BCUT2D eigenvalue weighted by molar-refractivity contribution is -0.114. The lowest BCUT2D eigenvalue weighted by Gasteiger charge is -2.32. The average Bonchev–Trinajstić information content (AvgIpc) is 2.95. The van der Waals surface area contributed by atoms with Crippen LogP contribution in [-0.4, -0.2) is 33.9 Å². The van der Waals surface area contributed by atoms with E-state index in [2.05, 4.69) is 32.3 Å². The maximum Gasteiger partial charge on any atom is 0.223 e. The molecule has 1 amide bonds. The summed E-state index contributed by atoms with van der Waals surface area (Å²) in [7, 11) is 0. The molecule has 3 rings (SSSR count). The fraction of sp³-hybridized carbons (Fsp3) is 0.471. The number of aromatic nitrogens is 2. The Labute approximate surface area is 140 Å². The van der Waals surface area contributed by atoms with Crippen molar-refractivity contribution in [2.75, 3.05) is 18.4 Å². The molecule has 0 spiro atoms. The summed E-state index contributed by atoms with van der Waals surface area (Å²) in [4.78, 5) is 23.1. The third-order valence-corrected chi connectivity index (χ3v) is 4.99. The summed E-state index contributed by atoms with van der Waals surface area (Å²) in [5, 5.41) is 3.44. The van der Waals surface area contributed by atoms with Gasteiger partial charge < -0.3 is 5.32 Å². The molecule has 3 heterocycles. The van der Waals surface area contributed by atoms with E-state index in [9.17, 15) is 4.79 Å². The normalized spacial score (nSPS) is 18.7. The minimum Gasteiger partial charge on any atom is -0.302 e. The Hall–Kier alpha value is -1.79. The van der Waals surface area contributed by atoms with Crippen molar-refractivity contribution in [1.29, 1.82) is 0 Å². The molecule has 1 aliphatic rings. The summed E-state index contributed by atoms with van der Waals surface area (Å²) in [6.07, 6.45) is 9.28. The molecule has 23 heavy (non-hydrogen) atoms. The van der Waals surface area contributed by atoms with Crippen LogP contribution in [0.4, 0.5) is 5.13 Å². The molecule has 1 fully saturated rings. The number of likely N-dealkylation sites (tertiary alicyclic amines) is 1. The lowest BCUT2D eigenvalue weighted by atomic mass is 9.91. The van der Waals surface area contributed by atoms with E-state index in [1.807, 2.05) is 18.6 Å². The van der Waals surface area contributed by atoms with Crippen molar-refractivity contribution < 1.29 is 4.79 Å². The number of carbonyl (C=O) groups is 1. The monoisotopic (exact) mass is 330 g/mol. The van der Waals surface area contributed by atoms with Crippen molar-refractivity contribution in [2.45, 2.75) is 32.7 Å². The molecule has 1 N–H and O–H groups in total. The number of thiazole rings is 1. The van der Waals surface area contributed by atoms with Crippen molar-refractivity contribution in [3.8, 4) is 0 Å². The molecule has 1 unspecified atom stereocenters. The van der Waals surface area contributed by atoms with Crippen molar-refractivity contribution in [3.05, 3.63) is 41.2 Å². The zero-order valence-corrected chi connectivity index (χ0v) is 14.2. The van der Waals surface area contributed by atoms with E-state index >= 15 is 0 Å². The first-order valence-electron chi connectivity index (χ1n) is 8.02. The van der Waals surface area contributed by atoms with Crippen LogP contribution in [-0.2, 0) is 17.8 Å². The topological polar surface area (TPSA) is 58.1 Å². The summed E-state index contributed by atoms with van der Waals surface area (Å²) in [5.41, 5.74) is 1.37. The van der Waals surface area contributed by atoms with Gasteiger partial charge in [-0.2, -0.15) is 0 Å². The molecule has 0 radical (unpaired) electrons. The fourth-order valence-electron chi connectivity index (χ4n) is 3.12. The molecule has 122 valence electrons. The standard InChI is InChI=1S/C17H22N4OS/c1-13(22)20-17-19-10-16(23-17)12-21-8-2-3-15(11-21)9-14-4-6-18-7-5-14/h4-7,10,15H,2-3,8-9,11-12H2,1H3,(H,19,20,22). The lowest BCUT2D eigenvalue weighted by Crippen LogP contribution is -2.35. The molecule has 5 nitrogen and oxygen atoms in total. The van der Waals surface area contributed by atoms with Gasteiger partial charge in [-0.3, -0.25) is 14.7 Å². The Morgan fingerprint density at radius 2 is 2.26 bits per heavy atom. The maximum atomic E-state index is 11.1. The molecule has 2 aromatic heterocycles. The molecular weight excluding hydrogens is 308 g/mol. The average molecular weight is 330 g/mol. The number of nitrogens with zero attached hydrogens (tertiary/aromatic N) is 3. The van der Waals surface area contributed by atoms with E-state index < -0.39 is 0 Å². The van der Waals surface area contributed by atoms with Gasteiger partial charge in [0.1, 0.15) is 0 Å². The number of carbonyl (C=O) groups excluding carboxylic acids is 1. The van der Waals surface area contributed by atoms with E-state index in [4.69, 9.17) is 0 Å². The quantitative estimate of drug-likeness (QED) is 0.916. The van der Waals surface area contributed by atoms with Gasteiger partial charge in [0.25, 0.3) is 0 Å². The zero-order valence-electron chi connectivity index (χ0n) is 13.4. The highest BCUT2D eigenvalue weighted by Crippen LogP contribution is 2.25. The Balaban J connectivity index is 1.54. The summed E-state index contributed by atoms with van der Waals surface area (Å²) < 4.78 is 0. The number of rotatable bonds is 5. The second-order valence-corrected chi connectivity index (χ2v) is 7.23. The molecule has 0 aromatic carbocycles. The van der Waals surface area contributed by atoms with Crippen LogP contribution in [0.5, 0.6) is 0 Å². The van der Waals surface area contributed by atoms with Gasteiger partial charge in [0, 0.05) is 43.5 Å². The SMILES string of the molecule is CC(=O)Nc1ncc(CN2CCCC(Cc3ccncc3)C2)s1. The minimum atomic E-state index is -0.0683. The van der Waals surface area contributed by atoms with Gasteiger partial charge in [0.05, 0.1) is 0 Å². The number of hydrogen-bond donors (Lipinski definition) is 1. The second kappa shape index (κ2) is 7.66. The first-order chi connectivity index (χ1) is 11.2. The number of amides is 1. The Morgan fingerprint density at radius 1 is 1.43 bits per heavy atom. The number of pyridine rings is 1. The molecule has 0 aliphatic carbocycles. The zero-order chi connectivity index (χ0) is 16.1. The van der Waals surface area contributed by atoms with E-state index in [1.165, 1.54) is 30.2 Å². The van der Waals surface area contributed by atoms with Crippen LogP contribution in [0.25, 0.3) is 0 Å². The second-order valence-electron chi connectivity index (χ2n) is 6.12. The first-order valence-corrected chi connectivity index (χ1v) is 8.84. The molecule has 6 heteroatoms. The number of nitrogens with one attached hydrogen (secondary N) is 1. The van der Waals surface area contributed by atoms with E-state index in [-0.39, 0.29) is 5.91 Å². The minimum absolute atomic E-state index is 0.0683. The molecular formula is C17H22N4OS. The number of piperidine rings is 1. The number of anilines is 1. The van der Waals surface area contributed by atoms with Crippen LogP contribution < -0.4 is 5.32 Å². The van der Waals surface area contributed by atoms with Crippen molar-refractivity contribution >= 4 is 22.4 Å². The molecule has 0 saturated carbocycles. The Morgan fingerprint density at radius 3 is 3.04 bits per heavy atom. The predicted molar refractivity (Wildman–Crippen MR) is 92.4 cm³/mol. The van der Waals surface area contributed by atoms with Crippen LogP contribution in [0, 0.1) is 5.92 Å². The summed E-state index contributed by atoms with van der Waals surface area (Å²) in [6.45, 7) is 4.69. The van der Waals surface area contributed by atoms with Crippen LogP contribution >= 0.6 is 11.3 Å². The van der Waals surface area contributed by atoms with Gasteiger partial charge in [-0.1, -0.05) is 0 Å². The predicted octanol–water partition coefficient (Wildman–Crippen LogP) is 2.95. The summed E-state index contributed by atoms with van der Waals surface area (Å²) in [6, 6.07) is 4.23. The Kier molecular flexibility index (Phi) is 5.35. The molecule has 1 saturated heterocycles. The first kappa shape index (κ1) is 16.1. The molecule has 2 aromatic rings. The van der Waals surface area contributed by atoms with Gasteiger partial charge in [-0.25, -0.2) is 4.98 Å². The highest BCUT2D eigenvalue weighted by atomic mass is 32.1. The van der Waals surface area contributed by atoms with E-state index in [0.717, 1.165) is 26.1 Å². The Bertz CT molecular complexity index is 643. The molecule has 0 bridgehead atoms. The third-order valence-electron chi connectivity index (χ3n) is 4.09. The van der Waals surface area contributed by atoms with E-state index in [0.29, 0.717) is 11.0 Å². The van der Waals surface area contributed by atoms with Crippen LogP contribution in [0.1, 0.15) is 30.2 Å². The van der Waals surface area contributed by atoms with Crippen molar-refractivity contribution in [2.24, 2.45) is 5.92 Å². The molecule has 1 atom stereocenters. The summed E-state index contributed by atoms with van der Waals surface area (Å²) in [5.74, 6) is 0.634.